The first-order valence-corrected chi connectivity index (χ1v) is 11.5. The van der Waals surface area contributed by atoms with Gasteiger partial charge in [0.25, 0.3) is 5.91 Å². The molecule has 1 N–H and O–H groups in total. The third-order valence-electron chi connectivity index (χ3n) is 5.65. The van der Waals surface area contributed by atoms with E-state index in [2.05, 4.69) is 41.5 Å². The zero-order valence-electron chi connectivity index (χ0n) is 19.7. The SMILES string of the molecule is Cc1nn(Cc2ccc(Cl)cc2)c(C)c1NC(=O)c1ccn(COc2ccc(C(C)C)cc2)n1. The average Bonchev–Trinajstić information content (AvgIpc) is 3.40. The van der Waals surface area contributed by atoms with Gasteiger partial charge in [0.2, 0.25) is 0 Å². The fourth-order valence-electron chi connectivity index (χ4n) is 3.62. The molecule has 176 valence electrons. The van der Waals surface area contributed by atoms with Crippen molar-refractivity contribution in [3.63, 3.8) is 0 Å². The first-order chi connectivity index (χ1) is 16.3. The van der Waals surface area contributed by atoms with Crippen LogP contribution in [0.25, 0.3) is 0 Å². The van der Waals surface area contributed by atoms with Gasteiger partial charge in [0.1, 0.15) is 5.75 Å². The summed E-state index contributed by atoms with van der Waals surface area (Å²) in [7, 11) is 0. The van der Waals surface area contributed by atoms with Gasteiger partial charge < -0.3 is 10.1 Å². The smallest absolute Gasteiger partial charge is 0.276 e. The summed E-state index contributed by atoms with van der Waals surface area (Å²) in [6.07, 6.45) is 1.72. The number of carbonyl (C=O) groups excluding carboxylic acids is 1. The van der Waals surface area contributed by atoms with Gasteiger partial charge in [-0.15, -0.1) is 0 Å². The molecule has 0 bridgehead atoms. The molecule has 2 heterocycles. The quantitative estimate of drug-likeness (QED) is 0.347. The van der Waals surface area contributed by atoms with Crippen molar-refractivity contribution in [3.05, 3.63) is 94.0 Å². The number of aryl methyl sites for hydroxylation is 1. The van der Waals surface area contributed by atoms with Crippen LogP contribution in [-0.4, -0.2) is 25.5 Å². The van der Waals surface area contributed by atoms with E-state index in [4.69, 9.17) is 16.3 Å². The van der Waals surface area contributed by atoms with E-state index in [1.165, 1.54) is 5.56 Å². The molecule has 8 heteroatoms. The predicted molar refractivity (Wildman–Crippen MR) is 134 cm³/mol. The number of aromatic nitrogens is 4. The van der Waals surface area contributed by atoms with E-state index < -0.39 is 0 Å². The van der Waals surface area contributed by atoms with E-state index in [1.807, 2.05) is 54.9 Å². The van der Waals surface area contributed by atoms with Gasteiger partial charge in [-0.3, -0.25) is 9.48 Å². The van der Waals surface area contributed by atoms with E-state index in [9.17, 15) is 4.79 Å². The molecule has 0 radical (unpaired) electrons. The van der Waals surface area contributed by atoms with Gasteiger partial charge in [-0.2, -0.15) is 10.2 Å². The summed E-state index contributed by atoms with van der Waals surface area (Å²) in [5.41, 5.74) is 4.94. The number of nitrogens with one attached hydrogen (secondary N) is 1. The average molecular weight is 478 g/mol. The maximum atomic E-state index is 12.8. The van der Waals surface area contributed by atoms with E-state index in [0.717, 1.165) is 22.7 Å². The largest absolute Gasteiger partial charge is 0.471 e. The molecule has 2 aromatic heterocycles. The number of halogens is 1. The second kappa shape index (κ2) is 10.1. The topological polar surface area (TPSA) is 74.0 Å². The van der Waals surface area contributed by atoms with E-state index >= 15 is 0 Å². The number of amides is 1. The second-order valence-corrected chi connectivity index (χ2v) is 8.96. The number of anilines is 1. The van der Waals surface area contributed by atoms with Gasteiger partial charge in [-0.05, 0) is 61.2 Å². The summed E-state index contributed by atoms with van der Waals surface area (Å²) in [6, 6.07) is 17.3. The first kappa shape index (κ1) is 23.6. The van der Waals surface area contributed by atoms with E-state index in [1.54, 1.807) is 16.9 Å². The number of carbonyl (C=O) groups is 1. The Hall–Kier alpha value is -3.58. The minimum absolute atomic E-state index is 0.214. The highest BCUT2D eigenvalue weighted by Crippen LogP contribution is 2.22. The number of hydrogen-bond acceptors (Lipinski definition) is 4. The van der Waals surface area contributed by atoms with Crippen LogP contribution in [0, 0.1) is 13.8 Å². The van der Waals surface area contributed by atoms with E-state index in [-0.39, 0.29) is 12.6 Å². The van der Waals surface area contributed by atoms with Crippen LogP contribution in [0.2, 0.25) is 5.02 Å². The molecule has 7 nitrogen and oxygen atoms in total. The van der Waals surface area contributed by atoms with Crippen LogP contribution in [0.15, 0.2) is 60.8 Å². The Kier molecular flexibility index (Phi) is 7.03. The van der Waals surface area contributed by atoms with Crippen molar-refractivity contribution in [1.82, 2.24) is 19.6 Å². The highest BCUT2D eigenvalue weighted by atomic mass is 35.5. The van der Waals surface area contributed by atoms with Crippen LogP contribution < -0.4 is 10.1 Å². The lowest BCUT2D eigenvalue weighted by atomic mass is 10.0. The Morgan fingerprint density at radius 3 is 2.41 bits per heavy atom. The van der Waals surface area contributed by atoms with Crippen molar-refractivity contribution >= 4 is 23.2 Å². The molecular weight excluding hydrogens is 450 g/mol. The molecule has 0 aliphatic rings. The Labute approximate surface area is 204 Å². The van der Waals surface area contributed by atoms with Gasteiger partial charge >= 0.3 is 0 Å². The fourth-order valence-corrected chi connectivity index (χ4v) is 3.74. The van der Waals surface area contributed by atoms with Crippen LogP contribution in [0.3, 0.4) is 0 Å². The molecule has 0 fully saturated rings. The maximum Gasteiger partial charge on any atom is 0.276 e. The molecule has 4 rings (SSSR count). The summed E-state index contributed by atoms with van der Waals surface area (Å²) in [6.45, 7) is 8.91. The number of ether oxygens (including phenoxy) is 1. The lowest BCUT2D eigenvalue weighted by Crippen LogP contribution is -2.15. The van der Waals surface area contributed by atoms with Crippen LogP contribution in [0.4, 0.5) is 5.69 Å². The normalized spacial score (nSPS) is 11.1. The lowest BCUT2D eigenvalue weighted by Gasteiger charge is -2.09. The van der Waals surface area contributed by atoms with Crippen molar-refractivity contribution in [2.45, 2.75) is 46.9 Å². The molecule has 2 aromatic carbocycles. The third-order valence-corrected chi connectivity index (χ3v) is 5.90. The minimum Gasteiger partial charge on any atom is -0.471 e. The van der Waals surface area contributed by atoms with Gasteiger partial charge in [0, 0.05) is 11.2 Å². The van der Waals surface area contributed by atoms with Gasteiger partial charge in [-0.25, -0.2) is 4.68 Å². The van der Waals surface area contributed by atoms with Crippen LogP contribution >= 0.6 is 11.6 Å². The van der Waals surface area contributed by atoms with Gasteiger partial charge in [0.05, 0.1) is 23.6 Å². The molecule has 0 unspecified atom stereocenters. The summed E-state index contributed by atoms with van der Waals surface area (Å²) < 4.78 is 9.25. The maximum absolute atomic E-state index is 12.8. The monoisotopic (exact) mass is 477 g/mol. The molecule has 1 amide bonds. The van der Waals surface area contributed by atoms with Crippen molar-refractivity contribution in [2.75, 3.05) is 5.32 Å². The standard InChI is InChI=1S/C26H28ClN5O2/c1-17(2)21-7-11-23(12-8-21)34-16-31-14-13-24(30-31)26(33)28-25-18(3)29-32(19(25)4)15-20-5-9-22(27)10-6-20/h5-14,17H,15-16H2,1-4H3,(H,28,33). The molecule has 0 aliphatic heterocycles. The highest BCUT2D eigenvalue weighted by Gasteiger charge is 2.17. The molecule has 0 atom stereocenters. The molecule has 0 saturated carbocycles. The van der Waals surface area contributed by atoms with Crippen molar-refractivity contribution in [1.29, 1.82) is 0 Å². The Bertz CT molecular complexity index is 1270. The highest BCUT2D eigenvalue weighted by molar-refractivity contribution is 6.30. The van der Waals surface area contributed by atoms with Crippen LogP contribution in [0.5, 0.6) is 5.75 Å². The number of hydrogen-bond donors (Lipinski definition) is 1. The van der Waals surface area contributed by atoms with Crippen LogP contribution in [0.1, 0.15) is 52.8 Å². The zero-order chi connectivity index (χ0) is 24.2. The third kappa shape index (κ3) is 5.48. The summed E-state index contributed by atoms with van der Waals surface area (Å²) in [4.78, 5) is 12.8. The number of nitrogens with zero attached hydrogens (tertiary/aromatic N) is 4. The Morgan fingerprint density at radius 2 is 1.74 bits per heavy atom. The molecule has 4 aromatic rings. The minimum atomic E-state index is -0.294. The zero-order valence-corrected chi connectivity index (χ0v) is 20.5. The Balaban J connectivity index is 1.38. The number of rotatable bonds is 8. The Morgan fingerprint density at radius 1 is 1.03 bits per heavy atom. The van der Waals surface area contributed by atoms with Crippen molar-refractivity contribution in [3.8, 4) is 5.75 Å². The van der Waals surface area contributed by atoms with E-state index in [0.29, 0.717) is 28.9 Å². The lowest BCUT2D eigenvalue weighted by molar-refractivity contribution is 0.102. The molecule has 34 heavy (non-hydrogen) atoms. The second-order valence-electron chi connectivity index (χ2n) is 8.52. The molecule has 0 spiro atoms. The van der Waals surface area contributed by atoms with Gasteiger partial charge in [0.15, 0.2) is 12.4 Å². The van der Waals surface area contributed by atoms with Crippen LogP contribution in [-0.2, 0) is 13.3 Å². The fraction of sp³-hybridized carbons (Fsp3) is 0.269. The molecular formula is C26H28ClN5O2. The summed E-state index contributed by atoms with van der Waals surface area (Å²) >= 11 is 5.97. The number of benzene rings is 2. The van der Waals surface area contributed by atoms with Crippen molar-refractivity contribution in [2.24, 2.45) is 0 Å². The van der Waals surface area contributed by atoms with Gasteiger partial charge in [-0.1, -0.05) is 49.7 Å². The molecule has 0 saturated heterocycles. The predicted octanol–water partition coefficient (Wildman–Crippen LogP) is 5.81. The summed E-state index contributed by atoms with van der Waals surface area (Å²) in [5.74, 6) is 0.931. The first-order valence-electron chi connectivity index (χ1n) is 11.2. The summed E-state index contributed by atoms with van der Waals surface area (Å²) in [5, 5.41) is 12.6. The molecule has 0 aliphatic carbocycles. The van der Waals surface area contributed by atoms with Crippen molar-refractivity contribution < 1.29 is 9.53 Å².